The molecule has 0 amide bonds. The Morgan fingerprint density at radius 1 is 1.40 bits per heavy atom. The minimum absolute atomic E-state index is 0.362. The Bertz CT molecular complexity index is 162. The fraction of sp³-hybridized carbons (Fsp3) is 1.00. The molecule has 1 saturated heterocycles. The van der Waals surface area contributed by atoms with E-state index in [0.29, 0.717) is 12.1 Å². The second-order valence-corrected chi connectivity index (χ2v) is 4.72. The molecule has 1 aliphatic heterocycles. The van der Waals surface area contributed by atoms with Crippen molar-refractivity contribution >= 4 is 0 Å². The van der Waals surface area contributed by atoms with Crippen molar-refractivity contribution in [2.75, 3.05) is 26.4 Å². The van der Waals surface area contributed by atoms with Crippen LogP contribution in [0.2, 0.25) is 0 Å². The number of ether oxygens (including phenoxy) is 2. The van der Waals surface area contributed by atoms with E-state index in [1.54, 1.807) is 0 Å². The summed E-state index contributed by atoms with van der Waals surface area (Å²) in [6.45, 7) is 10.1. The van der Waals surface area contributed by atoms with E-state index in [2.05, 4.69) is 26.1 Å². The van der Waals surface area contributed by atoms with E-state index in [9.17, 15) is 0 Å². The summed E-state index contributed by atoms with van der Waals surface area (Å²) in [5.74, 6) is 0.737. The van der Waals surface area contributed by atoms with Crippen LogP contribution in [-0.4, -0.2) is 38.5 Å². The van der Waals surface area contributed by atoms with Crippen LogP contribution in [-0.2, 0) is 9.47 Å². The second kappa shape index (κ2) is 7.20. The van der Waals surface area contributed by atoms with Gasteiger partial charge >= 0.3 is 0 Å². The first kappa shape index (κ1) is 12.9. The zero-order valence-electron chi connectivity index (χ0n) is 10.3. The predicted molar refractivity (Wildman–Crippen MR) is 62.1 cm³/mol. The third kappa shape index (κ3) is 5.50. The summed E-state index contributed by atoms with van der Waals surface area (Å²) >= 11 is 0. The van der Waals surface area contributed by atoms with Gasteiger partial charge in [0.05, 0.1) is 12.7 Å². The highest BCUT2D eigenvalue weighted by atomic mass is 16.5. The van der Waals surface area contributed by atoms with Gasteiger partial charge in [0, 0.05) is 25.8 Å². The summed E-state index contributed by atoms with van der Waals surface area (Å²) in [6, 6.07) is 0.527. The Balaban J connectivity index is 1.88. The summed E-state index contributed by atoms with van der Waals surface area (Å²) in [7, 11) is 0. The zero-order chi connectivity index (χ0) is 11.1. The molecule has 1 N–H and O–H groups in total. The molecule has 3 heteroatoms. The van der Waals surface area contributed by atoms with Crippen LogP contribution < -0.4 is 5.32 Å². The van der Waals surface area contributed by atoms with E-state index in [4.69, 9.17) is 9.47 Å². The monoisotopic (exact) mass is 215 g/mol. The van der Waals surface area contributed by atoms with Crippen molar-refractivity contribution in [1.82, 2.24) is 5.32 Å². The minimum Gasteiger partial charge on any atom is -0.380 e. The quantitative estimate of drug-likeness (QED) is 0.657. The maximum absolute atomic E-state index is 5.54. The Morgan fingerprint density at radius 2 is 2.20 bits per heavy atom. The molecule has 0 bridgehead atoms. The standard InChI is InChI=1S/C12H25NO2/c1-10(2)4-7-14-9-6-13-12-5-8-15-11(12)3/h10-13H,4-9H2,1-3H3. The molecule has 2 atom stereocenters. The molecule has 2 unspecified atom stereocenters. The second-order valence-electron chi connectivity index (χ2n) is 4.72. The van der Waals surface area contributed by atoms with E-state index in [0.717, 1.165) is 45.1 Å². The van der Waals surface area contributed by atoms with Gasteiger partial charge in [-0.3, -0.25) is 0 Å². The average Bonchev–Trinajstić information content (AvgIpc) is 2.57. The molecule has 1 aliphatic rings. The lowest BCUT2D eigenvalue weighted by atomic mass is 10.1. The summed E-state index contributed by atoms with van der Waals surface area (Å²) in [5.41, 5.74) is 0. The van der Waals surface area contributed by atoms with Crippen molar-refractivity contribution in [2.24, 2.45) is 5.92 Å². The molecule has 15 heavy (non-hydrogen) atoms. The highest BCUT2D eigenvalue weighted by Crippen LogP contribution is 2.11. The molecular weight excluding hydrogens is 190 g/mol. The van der Waals surface area contributed by atoms with E-state index >= 15 is 0 Å². The molecule has 1 fully saturated rings. The number of hydrogen-bond acceptors (Lipinski definition) is 3. The van der Waals surface area contributed by atoms with Crippen molar-refractivity contribution in [3.8, 4) is 0 Å². The maximum Gasteiger partial charge on any atom is 0.0700 e. The molecule has 1 rings (SSSR count). The highest BCUT2D eigenvalue weighted by Gasteiger charge is 2.22. The number of hydrogen-bond donors (Lipinski definition) is 1. The van der Waals surface area contributed by atoms with Gasteiger partial charge in [-0.05, 0) is 25.7 Å². The van der Waals surface area contributed by atoms with Gasteiger partial charge in [0.2, 0.25) is 0 Å². The van der Waals surface area contributed by atoms with Gasteiger partial charge in [-0.25, -0.2) is 0 Å². The maximum atomic E-state index is 5.54. The molecule has 0 radical (unpaired) electrons. The molecule has 1 heterocycles. The van der Waals surface area contributed by atoms with Crippen LogP contribution in [0.5, 0.6) is 0 Å². The number of nitrogens with one attached hydrogen (secondary N) is 1. The molecule has 3 nitrogen and oxygen atoms in total. The molecule has 0 aliphatic carbocycles. The Morgan fingerprint density at radius 3 is 2.80 bits per heavy atom. The van der Waals surface area contributed by atoms with Gasteiger partial charge in [0.25, 0.3) is 0 Å². The Hall–Kier alpha value is -0.120. The number of rotatable bonds is 7. The van der Waals surface area contributed by atoms with Crippen LogP contribution in [0.25, 0.3) is 0 Å². The molecular formula is C12H25NO2. The highest BCUT2D eigenvalue weighted by molar-refractivity contribution is 4.78. The lowest BCUT2D eigenvalue weighted by Gasteiger charge is -2.15. The zero-order valence-corrected chi connectivity index (χ0v) is 10.3. The summed E-state index contributed by atoms with van der Waals surface area (Å²) in [6.07, 6.45) is 2.65. The van der Waals surface area contributed by atoms with E-state index in [1.807, 2.05) is 0 Å². The molecule has 0 spiro atoms. The first-order valence-corrected chi connectivity index (χ1v) is 6.13. The Kier molecular flexibility index (Phi) is 6.22. The lowest BCUT2D eigenvalue weighted by molar-refractivity contribution is 0.103. The van der Waals surface area contributed by atoms with Crippen LogP contribution in [0, 0.1) is 5.92 Å². The summed E-state index contributed by atoms with van der Waals surface area (Å²) < 4.78 is 11.0. The first-order valence-electron chi connectivity index (χ1n) is 6.13. The molecule has 0 aromatic heterocycles. The van der Waals surface area contributed by atoms with Crippen molar-refractivity contribution in [1.29, 1.82) is 0 Å². The largest absolute Gasteiger partial charge is 0.380 e. The topological polar surface area (TPSA) is 30.5 Å². The average molecular weight is 215 g/mol. The van der Waals surface area contributed by atoms with Gasteiger partial charge < -0.3 is 14.8 Å². The lowest BCUT2D eigenvalue weighted by Crippen LogP contribution is -2.36. The molecule has 0 saturated carbocycles. The predicted octanol–water partition coefficient (Wildman–Crippen LogP) is 1.82. The van der Waals surface area contributed by atoms with Gasteiger partial charge in [0.1, 0.15) is 0 Å². The molecule has 0 aromatic rings. The third-order valence-electron chi connectivity index (χ3n) is 2.87. The van der Waals surface area contributed by atoms with Gasteiger partial charge in [-0.1, -0.05) is 13.8 Å². The fourth-order valence-corrected chi connectivity index (χ4v) is 1.74. The van der Waals surface area contributed by atoms with Crippen LogP contribution in [0.1, 0.15) is 33.6 Å². The van der Waals surface area contributed by atoms with Crippen molar-refractivity contribution in [3.63, 3.8) is 0 Å². The van der Waals surface area contributed by atoms with Crippen molar-refractivity contribution < 1.29 is 9.47 Å². The van der Waals surface area contributed by atoms with Crippen molar-refractivity contribution in [3.05, 3.63) is 0 Å². The van der Waals surface area contributed by atoms with E-state index < -0.39 is 0 Å². The van der Waals surface area contributed by atoms with Gasteiger partial charge in [-0.15, -0.1) is 0 Å². The molecule has 0 aromatic carbocycles. The van der Waals surface area contributed by atoms with Crippen LogP contribution in [0.3, 0.4) is 0 Å². The van der Waals surface area contributed by atoms with E-state index in [1.165, 1.54) is 0 Å². The van der Waals surface area contributed by atoms with Gasteiger partial charge in [-0.2, -0.15) is 0 Å². The molecule has 90 valence electrons. The van der Waals surface area contributed by atoms with E-state index in [-0.39, 0.29) is 0 Å². The summed E-state index contributed by atoms with van der Waals surface area (Å²) in [5, 5.41) is 3.47. The van der Waals surface area contributed by atoms with Crippen LogP contribution in [0.4, 0.5) is 0 Å². The van der Waals surface area contributed by atoms with Crippen molar-refractivity contribution in [2.45, 2.75) is 45.8 Å². The Labute approximate surface area is 93.5 Å². The van der Waals surface area contributed by atoms with Gasteiger partial charge in [0.15, 0.2) is 0 Å². The van der Waals surface area contributed by atoms with Crippen LogP contribution >= 0.6 is 0 Å². The summed E-state index contributed by atoms with van der Waals surface area (Å²) in [4.78, 5) is 0. The normalized spacial score (nSPS) is 26.4. The first-order chi connectivity index (χ1) is 7.20. The van der Waals surface area contributed by atoms with Crippen LogP contribution in [0.15, 0.2) is 0 Å². The smallest absolute Gasteiger partial charge is 0.0700 e. The third-order valence-corrected chi connectivity index (χ3v) is 2.87. The SMILES string of the molecule is CC(C)CCOCCNC1CCOC1C. The fourth-order valence-electron chi connectivity index (χ4n) is 1.74. The minimum atomic E-state index is 0.362.